The van der Waals surface area contributed by atoms with Crippen LogP contribution < -0.4 is 5.32 Å². The number of carbonyl (C=O) groups excluding carboxylic acids is 2. The van der Waals surface area contributed by atoms with E-state index in [0.717, 1.165) is 24.9 Å². The number of carbonyl (C=O) groups is 2. The zero-order chi connectivity index (χ0) is 14.5. The largest absolute Gasteiger partial charge is 0.465 e. The molecule has 5 nitrogen and oxygen atoms in total. The number of likely N-dealkylation sites (tertiary alicyclic amines) is 1. The molecule has 0 saturated carbocycles. The van der Waals surface area contributed by atoms with E-state index in [4.69, 9.17) is 4.74 Å². The molecule has 1 saturated heterocycles. The van der Waals surface area contributed by atoms with Crippen molar-refractivity contribution in [1.82, 2.24) is 10.2 Å². The van der Waals surface area contributed by atoms with Crippen molar-refractivity contribution in [2.45, 2.75) is 25.4 Å². The van der Waals surface area contributed by atoms with Crippen LogP contribution in [0.4, 0.5) is 0 Å². The third kappa shape index (κ3) is 3.17. The summed E-state index contributed by atoms with van der Waals surface area (Å²) in [5, 5.41) is 2.71. The minimum Gasteiger partial charge on any atom is -0.465 e. The number of nitrogens with one attached hydrogen (secondary N) is 1. The zero-order valence-electron chi connectivity index (χ0n) is 11.9. The van der Waals surface area contributed by atoms with Gasteiger partial charge < -0.3 is 10.1 Å². The van der Waals surface area contributed by atoms with E-state index in [1.54, 1.807) is 13.1 Å². The van der Waals surface area contributed by atoms with Gasteiger partial charge in [0, 0.05) is 13.6 Å². The molecule has 0 radical (unpaired) electrons. The van der Waals surface area contributed by atoms with Crippen molar-refractivity contribution in [1.29, 1.82) is 0 Å². The third-order valence-corrected chi connectivity index (χ3v) is 3.65. The number of methoxy groups -OCH3 is 1. The molecule has 0 unspecified atom stereocenters. The van der Waals surface area contributed by atoms with Crippen LogP contribution in [0.25, 0.3) is 0 Å². The number of hydrogen-bond donors (Lipinski definition) is 1. The average Bonchev–Trinajstić information content (AvgIpc) is 2.94. The number of amides is 1. The Balaban J connectivity index is 2.09. The van der Waals surface area contributed by atoms with E-state index in [0.29, 0.717) is 12.1 Å². The topological polar surface area (TPSA) is 58.6 Å². The summed E-state index contributed by atoms with van der Waals surface area (Å²) in [5.41, 5.74) is 1.56. The Labute approximate surface area is 118 Å². The number of nitrogens with zero attached hydrogens (tertiary/aromatic N) is 1. The van der Waals surface area contributed by atoms with Crippen molar-refractivity contribution < 1.29 is 14.3 Å². The van der Waals surface area contributed by atoms with E-state index in [-0.39, 0.29) is 17.9 Å². The lowest BCUT2D eigenvalue weighted by atomic mass is 10.1. The first kappa shape index (κ1) is 14.5. The van der Waals surface area contributed by atoms with Crippen molar-refractivity contribution in [3.05, 3.63) is 35.4 Å². The van der Waals surface area contributed by atoms with Crippen LogP contribution in [-0.2, 0) is 16.1 Å². The molecule has 0 aromatic heterocycles. The zero-order valence-corrected chi connectivity index (χ0v) is 11.9. The minimum absolute atomic E-state index is 0.0617. The average molecular weight is 276 g/mol. The van der Waals surface area contributed by atoms with Gasteiger partial charge in [0.05, 0.1) is 18.7 Å². The highest BCUT2D eigenvalue weighted by molar-refractivity contribution is 5.89. The highest BCUT2D eigenvalue weighted by Crippen LogP contribution is 2.20. The summed E-state index contributed by atoms with van der Waals surface area (Å²) >= 11 is 0. The smallest absolute Gasteiger partial charge is 0.337 e. The minimum atomic E-state index is -0.337. The normalized spacial score (nSPS) is 18.8. The lowest BCUT2D eigenvalue weighted by molar-refractivity contribution is -0.125. The maximum absolute atomic E-state index is 11.8. The van der Waals surface area contributed by atoms with Crippen molar-refractivity contribution in [2.24, 2.45) is 0 Å². The van der Waals surface area contributed by atoms with Crippen molar-refractivity contribution in [3.8, 4) is 0 Å². The lowest BCUT2D eigenvalue weighted by Crippen LogP contribution is -2.41. The first-order valence-corrected chi connectivity index (χ1v) is 6.78. The van der Waals surface area contributed by atoms with Gasteiger partial charge in [0.15, 0.2) is 0 Å². The van der Waals surface area contributed by atoms with E-state index in [1.165, 1.54) is 7.11 Å². The number of esters is 1. The summed E-state index contributed by atoms with van der Waals surface area (Å²) < 4.78 is 4.72. The van der Waals surface area contributed by atoms with Gasteiger partial charge in [0.2, 0.25) is 5.91 Å². The Morgan fingerprint density at radius 1 is 1.45 bits per heavy atom. The van der Waals surface area contributed by atoms with E-state index in [1.807, 2.05) is 18.2 Å². The second-order valence-corrected chi connectivity index (χ2v) is 4.93. The van der Waals surface area contributed by atoms with E-state index in [2.05, 4.69) is 10.2 Å². The fraction of sp³-hybridized carbons (Fsp3) is 0.467. The Kier molecular flexibility index (Phi) is 4.74. The Morgan fingerprint density at radius 3 is 2.95 bits per heavy atom. The summed E-state index contributed by atoms with van der Waals surface area (Å²) in [6.45, 7) is 1.57. The SMILES string of the molecule is CNC(=O)[C@@H]1CCCN1Cc1cccc(C(=O)OC)c1. The molecule has 1 atom stereocenters. The molecule has 108 valence electrons. The number of hydrogen-bond acceptors (Lipinski definition) is 4. The molecular formula is C15H20N2O3. The van der Waals surface area contributed by atoms with Crippen LogP contribution in [-0.4, -0.2) is 43.5 Å². The summed E-state index contributed by atoms with van der Waals surface area (Å²) in [7, 11) is 3.04. The molecule has 1 aliphatic rings. The van der Waals surface area contributed by atoms with E-state index in [9.17, 15) is 9.59 Å². The monoisotopic (exact) mass is 276 g/mol. The quantitative estimate of drug-likeness (QED) is 0.839. The number of benzene rings is 1. The molecule has 1 amide bonds. The van der Waals surface area contributed by atoms with Crippen LogP contribution in [0.5, 0.6) is 0 Å². The lowest BCUT2D eigenvalue weighted by Gasteiger charge is -2.23. The molecule has 1 aromatic carbocycles. The van der Waals surface area contributed by atoms with Crippen molar-refractivity contribution in [3.63, 3.8) is 0 Å². The first-order chi connectivity index (χ1) is 9.65. The summed E-state index contributed by atoms with van der Waals surface area (Å²) in [4.78, 5) is 25.5. The predicted molar refractivity (Wildman–Crippen MR) is 75.3 cm³/mol. The maximum Gasteiger partial charge on any atom is 0.337 e. The van der Waals surface area contributed by atoms with Gasteiger partial charge in [-0.05, 0) is 37.1 Å². The van der Waals surface area contributed by atoms with Gasteiger partial charge in [0.1, 0.15) is 0 Å². The number of rotatable bonds is 4. The summed E-state index contributed by atoms with van der Waals surface area (Å²) in [6.07, 6.45) is 1.91. The third-order valence-electron chi connectivity index (χ3n) is 3.65. The van der Waals surface area contributed by atoms with Gasteiger partial charge in [-0.15, -0.1) is 0 Å². The van der Waals surface area contributed by atoms with Gasteiger partial charge in [-0.3, -0.25) is 9.69 Å². The molecular weight excluding hydrogens is 256 g/mol. The number of likely N-dealkylation sites (N-methyl/N-ethyl adjacent to an activating group) is 1. The molecule has 0 aliphatic carbocycles. The second kappa shape index (κ2) is 6.52. The standard InChI is InChI=1S/C15H20N2O3/c1-16-14(18)13-7-4-8-17(13)10-11-5-3-6-12(9-11)15(19)20-2/h3,5-6,9,13H,4,7-8,10H2,1-2H3,(H,16,18)/t13-/m0/s1. The second-order valence-electron chi connectivity index (χ2n) is 4.93. The van der Waals surface area contributed by atoms with Crippen LogP contribution in [0, 0.1) is 0 Å². The van der Waals surface area contributed by atoms with Crippen LogP contribution in [0.2, 0.25) is 0 Å². The predicted octanol–water partition coefficient (Wildman–Crippen LogP) is 1.18. The fourth-order valence-corrected chi connectivity index (χ4v) is 2.63. The molecule has 1 N–H and O–H groups in total. The van der Waals surface area contributed by atoms with Crippen LogP contribution in [0.1, 0.15) is 28.8 Å². The van der Waals surface area contributed by atoms with Gasteiger partial charge in [-0.1, -0.05) is 12.1 Å². The molecule has 0 spiro atoms. The summed E-state index contributed by atoms with van der Waals surface area (Å²) in [6, 6.07) is 7.29. The van der Waals surface area contributed by atoms with Gasteiger partial charge in [-0.25, -0.2) is 4.79 Å². The molecule has 20 heavy (non-hydrogen) atoms. The Morgan fingerprint density at radius 2 is 2.25 bits per heavy atom. The van der Waals surface area contributed by atoms with Gasteiger partial charge in [0.25, 0.3) is 0 Å². The van der Waals surface area contributed by atoms with Crippen LogP contribution >= 0.6 is 0 Å². The molecule has 1 aliphatic heterocycles. The molecule has 2 rings (SSSR count). The Bertz CT molecular complexity index is 502. The number of ether oxygens (including phenoxy) is 1. The molecule has 1 aromatic rings. The van der Waals surface area contributed by atoms with Crippen LogP contribution in [0.3, 0.4) is 0 Å². The molecule has 0 bridgehead atoms. The van der Waals surface area contributed by atoms with Crippen molar-refractivity contribution in [2.75, 3.05) is 20.7 Å². The van der Waals surface area contributed by atoms with E-state index >= 15 is 0 Å². The molecule has 1 fully saturated rings. The van der Waals surface area contributed by atoms with Crippen molar-refractivity contribution >= 4 is 11.9 Å². The highest BCUT2D eigenvalue weighted by Gasteiger charge is 2.29. The van der Waals surface area contributed by atoms with Gasteiger partial charge >= 0.3 is 5.97 Å². The molecule has 1 heterocycles. The highest BCUT2D eigenvalue weighted by atomic mass is 16.5. The molecule has 5 heteroatoms. The summed E-state index contributed by atoms with van der Waals surface area (Å²) in [5.74, 6) is -0.275. The fourth-order valence-electron chi connectivity index (χ4n) is 2.63. The first-order valence-electron chi connectivity index (χ1n) is 6.78. The van der Waals surface area contributed by atoms with Gasteiger partial charge in [-0.2, -0.15) is 0 Å². The van der Waals surface area contributed by atoms with Crippen LogP contribution in [0.15, 0.2) is 24.3 Å². The Hall–Kier alpha value is -1.88. The van der Waals surface area contributed by atoms with E-state index < -0.39 is 0 Å². The maximum atomic E-state index is 11.8.